The third-order valence-electron chi connectivity index (χ3n) is 10.2. The van der Waals surface area contributed by atoms with Gasteiger partial charge in [-0.15, -0.1) is 29.1 Å². The summed E-state index contributed by atoms with van der Waals surface area (Å²) in [5.41, 5.74) is 5.63. The summed E-state index contributed by atoms with van der Waals surface area (Å²) in [5.74, 6) is 1.68. The van der Waals surface area contributed by atoms with Gasteiger partial charge in [0, 0.05) is 66.3 Å². The molecule has 2 aromatic carbocycles. The Kier molecular flexibility index (Phi) is 12.5. The Labute approximate surface area is 297 Å². The molecule has 5 heteroatoms. The van der Waals surface area contributed by atoms with Crippen LogP contribution in [0, 0.1) is 17.9 Å². The van der Waals surface area contributed by atoms with Crippen LogP contribution in [-0.4, -0.2) is 15.9 Å². The van der Waals surface area contributed by atoms with E-state index in [-0.39, 0.29) is 59.7 Å². The summed E-state index contributed by atoms with van der Waals surface area (Å²) in [6.45, 7) is 24.2. The molecule has 47 heavy (non-hydrogen) atoms. The van der Waals surface area contributed by atoms with Gasteiger partial charge in [0.25, 0.3) is 0 Å². The molecule has 0 bridgehead atoms. The van der Waals surface area contributed by atoms with E-state index in [4.69, 9.17) is 9.40 Å². The van der Waals surface area contributed by atoms with E-state index in [1.54, 1.807) is 0 Å². The zero-order valence-corrected chi connectivity index (χ0v) is 33.0. The summed E-state index contributed by atoms with van der Waals surface area (Å²) in [5, 5.41) is 13.3. The van der Waals surface area contributed by atoms with Crippen LogP contribution in [-0.2, 0) is 41.1 Å². The number of allylic oxidation sites excluding steroid dienone is 2. The van der Waals surface area contributed by atoms with Gasteiger partial charge in [-0.2, -0.15) is 0 Å². The second-order valence-corrected chi connectivity index (χ2v) is 15.5. The standard InChI is InChI=1S/C29H32NO.C13H24O2.Ir/c1-27(2,3)22-17-19(16-18-10-8-9-11-20(18)22)24-25-21(12-15-30-24)23-26(31-25)29(6,7)14-13-28(23,4)5;1-5-10(6-2)12(14)9-13(15)11(7-3)8-4;/h8-12,15,17H,13-14H2,1-7H3;9-11,14H,5-8H2,1-4H3;/q-1;;/b;12-9-;. The number of fused-ring (bicyclic) bond motifs is 4. The molecule has 2 heterocycles. The number of hydrogen-bond donors (Lipinski definition) is 1. The maximum atomic E-state index is 11.7. The molecule has 4 nitrogen and oxygen atoms in total. The van der Waals surface area contributed by atoms with Gasteiger partial charge in [-0.25, -0.2) is 0 Å². The second-order valence-electron chi connectivity index (χ2n) is 15.5. The number of furan rings is 1. The van der Waals surface area contributed by atoms with Gasteiger partial charge in [0.05, 0.1) is 5.76 Å². The number of aromatic nitrogens is 1. The van der Waals surface area contributed by atoms with E-state index in [0.717, 1.165) is 66.5 Å². The molecule has 1 aliphatic carbocycles. The maximum Gasteiger partial charge on any atom is 0.162 e. The summed E-state index contributed by atoms with van der Waals surface area (Å²) in [4.78, 5) is 16.5. The van der Waals surface area contributed by atoms with Crippen LogP contribution in [0.15, 0.2) is 58.8 Å². The summed E-state index contributed by atoms with van der Waals surface area (Å²) in [6.07, 6.45) is 9.13. The van der Waals surface area contributed by atoms with Gasteiger partial charge >= 0.3 is 0 Å². The van der Waals surface area contributed by atoms with Crippen molar-refractivity contribution in [2.24, 2.45) is 11.8 Å². The Morgan fingerprint density at radius 2 is 1.53 bits per heavy atom. The molecule has 0 spiro atoms. The van der Waals surface area contributed by atoms with Gasteiger partial charge in [-0.05, 0) is 55.4 Å². The van der Waals surface area contributed by atoms with Crippen molar-refractivity contribution in [1.29, 1.82) is 0 Å². The third-order valence-corrected chi connectivity index (χ3v) is 10.2. The van der Waals surface area contributed by atoms with E-state index < -0.39 is 0 Å². The number of ketones is 1. The molecular formula is C42H56IrNO3-. The SMILES string of the molecule is CC(C)(C)c1cc(-c2nccc3c4c(oc23)C(C)(C)CCC4(C)C)[c-]c2ccccc12.CCC(CC)C(=O)/C=C(\O)C(CC)CC.[Ir]. The fourth-order valence-corrected chi connectivity index (χ4v) is 6.99. The number of nitrogens with zero attached hydrogens (tertiary/aromatic N) is 1. The van der Waals surface area contributed by atoms with E-state index >= 15 is 0 Å². The van der Waals surface area contributed by atoms with E-state index in [0.29, 0.717) is 0 Å². The molecule has 5 rings (SSSR count). The Balaban J connectivity index is 0.000000322. The van der Waals surface area contributed by atoms with E-state index in [1.807, 2.05) is 33.9 Å². The number of carbonyl (C=O) groups is 1. The smallest absolute Gasteiger partial charge is 0.162 e. The van der Waals surface area contributed by atoms with Crippen LogP contribution in [0.2, 0.25) is 0 Å². The predicted molar refractivity (Wildman–Crippen MR) is 194 cm³/mol. The minimum atomic E-state index is 0. The third kappa shape index (κ3) is 8.11. The zero-order chi connectivity index (χ0) is 34.0. The van der Waals surface area contributed by atoms with Crippen LogP contribution >= 0.6 is 0 Å². The fourth-order valence-electron chi connectivity index (χ4n) is 6.99. The summed E-state index contributed by atoms with van der Waals surface area (Å²) < 4.78 is 6.68. The molecular weight excluding hydrogens is 759 g/mol. The van der Waals surface area contributed by atoms with Gasteiger partial charge in [0.2, 0.25) is 0 Å². The summed E-state index contributed by atoms with van der Waals surface area (Å²) >= 11 is 0. The summed E-state index contributed by atoms with van der Waals surface area (Å²) in [7, 11) is 0. The molecule has 0 unspecified atom stereocenters. The van der Waals surface area contributed by atoms with Crippen molar-refractivity contribution >= 4 is 27.5 Å². The minimum absolute atomic E-state index is 0. The molecule has 0 aliphatic heterocycles. The second kappa shape index (κ2) is 15.2. The van der Waals surface area contributed by atoms with Crippen molar-refractivity contribution in [2.45, 2.75) is 131 Å². The number of carbonyl (C=O) groups excluding carboxylic acids is 1. The number of aliphatic hydroxyl groups excluding tert-OH is 1. The normalized spacial score (nSPS) is 15.7. The van der Waals surface area contributed by atoms with Crippen molar-refractivity contribution in [3.05, 3.63) is 77.4 Å². The van der Waals surface area contributed by atoms with E-state index in [9.17, 15) is 9.90 Å². The van der Waals surface area contributed by atoms with Crippen molar-refractivity contribution in [2.75, 3.05) is 0 Å². The van der Waals surface area contributed by atoms with Crippen LogP contribution < -0.4 is 0 Å². The van der Waals surface area contributed by atoms with Gasteiger partial charge in [0.1, 0.15) is 11.3 Å². The van der Waals surface area contributed by atoms with Gasteiger partial charge in [-0.1, -0.05) is 105 Å². The van der Waals surface area contributed by atoms with Gasteiger partial charge in [-0.3, -0.25) is 9.78 Å². The van der Waals surface area contributed by atoms with Crippen molar-refractivity contribution in [1.82, 2.24) is 4.98 Å². The van der Waals surface area contributed by atoms with Crippen LogP contribution in [0.25, 0.3) is 33.0 Å². The zero-order valence-electron chi connectivity index (χ0n) is 30.6. The first-order chi connectivity index (χ1) is 21.6. The fraction of sp³-hybridized carbons (Fsp3) is 0.524. The number of aliphatic hydroxyl groups is 1. The molecule has 1 radical (unpaired) electrons. The molecule has 0 saturated carbocycles. The van der Waals surface area contributed by atoms with Gasteiger partial charge < -0.3 is 9.52 Å². The summed E-state index contributed by atoms with van der Waals surface area (Å²) in [6, 6.07) is 16.6. The first-order valence-corrected chi connectivity index (χ1v) is 17.4. The van der Waals surface area contributed by atoms with Crippen LogP contribution in [0.3, 0.4) is 0 Å². The van der Waals surface area contributed by atoms with Crippen molar-refractivity contribution in [3.63, 3.8) is 0 Å². The molecule has 4 aromatic rings. The Morgan fingerprint density at radius 3 is 2.13 bits per heavy atom. The molecule has 257 valence electrons. The van der Waals surface area contributed by atoms with E-state index in [1.165, 1.54) is 28.0 Å². The number of hydrogen-bond acceptors (Lipinski definition) is 4. The monoisotopic (exact) mass is 815 g/mol. The van der Waals surface area contributed by atoms with Crippen molar-refractivity contribution in [3.8, 4) is 11.3 Å². The average molecular weight is 815 g/mol. The Morgan fingerprint density at radius 1 is 0.936 bits per heavy atom. The van der Waals surface area contributed by atoms with Gasteiger partial charge in [0.15, 0.2) is 5.78 Å². The average Bonchev–Trinajstić information content (AvgIpc) is 3.43. The van der Waals surface area contributed by atoms with Crippen LogP contribution in [0.4, 0.5) is 0 Å². The van der Waals surface area contributed by atoms with Crippen LogP contribution in [0.5, 0.6) is 0 Å². The van der Waals surface area contributed by atoms with E-state index in [2.05, 4.69) is 90.9 Å². The molecule has 0 atom stereocenters. The predicted octanol–water partition coefficient (Wildman–Crippen LogP) is 12.0. The molecule has 1 N–H and O–H groups in total. The number of pyridine rings is 1. The molecule has 0 saturated heterocycles. The topological polar surface area (TPSA) is 63.3 Å². The van der Waals surface area contributed by atoms with Crippen molar-refractivity contribution < 1.29 is 34.4 Å². The quantitative estimate of drug-likeness (QED) is 0.109. The Hall–Kier alpha value is -2.75. The minimum Gasteiger partial charge on any atom is -0.512 e. The first kappa shape index (κ1) is 38.7. The first-order valence-electron chi connectivity index (χ1n) is 17.4. The molecule has 0 fully saturated rings. The number of rotatable bonds is 8. The Bertz CT molecular complexity index is 1710. The maximum absolute atomic E-state index is 11.7. The molecule has 2 aromatic heterocycles. The van der Waals surface area contributed by atoms with Crippen LogP contribution in [0.1, 0.15) is 132 Å². The number of benzene rings is 2. The molecule has 1 aliphatic rings. The largest absolute Gasteiger partial charge is 0.512 e. The molecule has 0 amide bonds.